The highest BCUT2D eigenvalue weighted by molar-refractivity contribution is 5.22. The molecule has 0 unspecified atom stereocenters. The van der Waals surface area contributed by atoms with Gasteiger partial charge in [-0.3, -0.25) is 0 Å². The van der Waals surface area contributed by atoms with E-state index >= 15 is 0 Å². The second kappa shape index (κ2) is 6.98. The first kappa shape index (κ1) is 20.8. The third kappa shape index (κ3) is 2.87. The zero-order valence-electron chi connectivity index (χ0n) is 20.1. The van der Waals surface area contributed by atoms with E-state index in [0.29, 0.717) is 22.2 Å². The molecule has 5 fully saturated rings. The minimum Gasteiger partial charge on any atom is -0.393 e. The SMILES string of the molecule is CC(C)CCC[C@@H](C)[C@H]1CC[C@H]2[C@@H]3CC[C@]45C[C@H]4[C@@H](O)CC[C@]5(C)[C@H]3CC[C@]12C. The molecule has 29 heavy (non-hydrogen) atoms. The molecular weight excluding hydrogens is 352 g/mol. The van der Waals surface area contributed by atoms with E-state index in [-0.39, 0.29) is 6.10 Å². The summed E-state index contributed by atoms with van der Waals surface area (Å²) in [5, 5.41) is 10.6. The Bertz CT molecular complexity index is 626. The van der Waals surface area contributed by atoms with Crippen molar-refractivity contribution in [1.29, 1.82) is 0 Å². The monoisotopic (exact) mass is 400 g/mol. The Kier molecular flexibility index (Phi) is 5.02. The molecule has 1 spiro atoms. The van der Waals surface area contributed by atoms with Crippen LogP contribution >= 0.6 is 0 Å². The Morgan fingerprint density at radius 1 is 0.828 bits per heavy atom. The van der Waals surface area contributed by atoms with E-state index in [2.05, 4.69) is 34.6 Å². The lowest BCUT2D eigenvalue weighted by molar-refractivity contribution is -0.138. The number of fused-ring (bicyclic) bond motifs is 4. The number of rotatable bonds is 5. The molecule has 1 nitrogen and oxygen atoms in total. The van der Waals surface area contributed by atoms with Gasteiger partial charge in [0.05, 0.1) is 6.10 Å². The largest absolute Gasteiger partial charge is 0.393 e. The second-order valence-corrected chi connectivity index (χ2v) is 13.4. The van der Waals surface area contributed by atoms with Gasteiger partial charge in [0, 0.05) is 0 Å². The zero-order chi connectivity index (χ0) is 20.6. The van der Waals surface area contributed by atoms with E-state index in [9.17, 15) is 5.11 Å². The molecule has 0 saturated heterocycles. The molecule has 0 aromatic heterocycles. The smallest absolute Gasteiger partial charge is 0.0574 e. The third-order valence-corrected chi connectivity index (χ3v) is 12.1. The predicted molar refractivity (Wildman–Crippen MR) is 122 cm³/mol. The van der Waals surface area contributed by atoms with Gasteiger partial charge in [-0.15, -0.1) is 0 Å². The number of hydrogen-bond acceptors (Lipinski definition) is 1. The van der Waals surface area contributed by atoms with Crippen LogP contribution in [0.3, 0.4) is 0 Å². The summed E-state index contributed by atoms with van der Waals surface area (Å²) in [6.07, 6.45) is 17.0. The first-order valence-corrected chi connectivity index (χ1v) is 13.4. The summed E-state index contributed by atoms with van der Waals surface area (Å²) < 4.78 is 0. The minimum atomic E-state index is 0.0241. The van der Waals surface area contributed by atoms with Crippen LogP contribution < -0.4 is 0 Å². The Hall–Kier alpha value is -0.0400. The first-order valence-electron chi connectivity index (χ1n) is 13.4. The molecule has 0 amide bonds. The fourth-order valence-corrected chi connectivity index (χ4v) is 10.4. The maximum absolute atomic E-state index is 10.6. The van der Waals surface area contributed by atoms with Gasteiger partial charge in [0.25, 0.3) is 0 Å². The molecule has 0 aliphatic heterocycles. The van der Waals surface area contributed by atoms with E-state index in [1.165, 1.54) is 70.6 Å². The van der Waals surface area contributed by atoms with Gasteiger partial charge in [0.15, 0.2) is 0 Å². The molecule has 5 aliphatic rings. The lowest BCUT2D eigenvalue weighted by Gasteiger charge is -2.61. The maximum Gasteiger partial charge on any atom is 0.0574 e. The molecule has 0 heterocycles. The fourth-order valence-electron chi connectivity index (χ4n) is 10.4. The van der Waals surface area contributed by atoms with Crippen molar-refractivity contribution in [2.75, 3.05) is 0 Å². The van der Waals surface area contributed by atoms with Crippen LogP contribution in [0.5, 0.6) is 0 Å². The molecule has 5 rings (SSSR count). The van der Waals surface area contributed by atoms with Gasteiger partial charge in [-0.2, -0.15) is 0 Å². The van der Waals surface area contributed by atoms with Crippen LogP contribution in [0.1, 0.15) is 112 Å². The van der Waals surface area contributed by atoms with Crippen LogP contribution in [0.25, 0.3) is 0 Å². The normalized spacial score (nSPS) is 54.3. The highest BCUT2D eigenvalue weighted by Gasteiger charge is 2.73. The highest BCUT2D eigenvalue weighted by atomic mass is 16.3. The first-order chi connectivity index (χ1) is 13.7. The van der Waals surface area contributed by atoms with Crippen LogP contribution in [0.15, 0.2) is 0 Å². The molecular formula is C28H48O. The Labute approximate surface area is 180 Å². The number of aliphatic hydroxyl groups is 1. The van der Waals surface area contributed by atoms with Gasteiger partial charge in [-0.05, 0) is 115 Å². The summed E-state index contributed by atoms with van der Waals surface area (Å²) in [4.78, 5) is 0. The highest BCUT2D eigenvalue weighted by Crippen LogP contribution is 2.79. The lowest BCUT2D eigenvalue weighted by atomic mass is 9.43. The molecule has 0 aromatic carbocycles. The van der Waals surface area contributed by atoms with E-state index in [1.54, 1.807) is 0 Å². The molecule has 5 saturated carbocycles. The van der Waals surface area contributed by atoms with Gasteiger partial charge in [-0.25, -0.2) is 0 Å². The maximum atomic E-state index is 10.6. The lowest BCUT2D eigenvalue weighted by Crippen LogP contribution is -2.55. The quantitative estimate of drug-likeness (QED) is 0.507. The standard InChI is InChI=1S/C28H48O/c1-18(2)7-6-8-19(3)21-9-10-22-20-11-16-28-17-24(28)25(29)13-15-27(28,5)23(20)12-14-26(21,22)4/h18-25,29H,6-17H2,1-5H3/t19-,20+,21-,22+,23+,24+,25+,26-,27-,28+/m1/s1. The van der Waals surface area contributed by atoms with Gasteiger partial charge < -0.3 is 5.11 Å². The van der Waals surface area contributed by atoms with Crippen molar-refractivity contribution >= 4 is 0 Å². The van der Waals surface area contributed by atoms with E-state index in [1.807, 2.05) is 0 Å². The molecule has 0 aromatic rings. The zero-order valence-corrected chi connectivity index (χ0v) is 20.1. The molecule has 0 radical (unpaired) electrons. The van der Waals surface area contributed by atoms with E-state index in [4.69, 9.17) is 0 Å². The summed E-state index contributed by atoms with van der Waals surface area (Å²) in [5.74, 6) is 6.37. The molecule has 5 aliphatic carbocycles. The summed E-state index contributed by atoms with van der Waals surface area (Å²) in [6, 6.07) is 0. The summed E-state index contributed by atoms with van der Waals surface area (Å²) in [6.45, 7) is 12.8. The molecule has 1 N–H and O–H groups in total. The molecule has 10 atom stereocenters. The van der Waals surface area contributed by atoms with Crippen molar-refractivity contribution in [3.63, 3.8) is 0 Å². The number of hydrogen-bond donors (Lipinski definition) is 1. The van der Waals surface area contributed by atoms with Crippen LogP contribution in [0.4, 0.5) is 0 Å². The van der Waals surface area contributed by atoms with Gasteiger partial charge in [0.2, 0.25) is 0 Å². The summed E-state index contributed by atoms with van der Waals surface area (Å²) in [5.41, 5.74) is 1.71. The molecule has 166 valence electrons. The van der Waals surface area contributed by atoms with E-state index in [0.717, 1.165) is 41.9 Å². The van der Waals surface area contributed by atoms with Crippen molar-refractivity contribution in [1.82, 2.24) is 0 Å². The van der Waals surface area contributed by atoms with Crippen molar-refractivity contribution in [3.05, 3.63) is 0 Å². The van der Waals surface area contributed by atoms with Crippen LogP contribution in [-0.2, 0) is 0 Å². The van der Waals surface area contributed by atoms with E-state index < -0.39 is 0 Å². The van der Waals surface area contributed by atoms with Crippen LogP contribution in [0.2, 0.25) is 0 Å². The molecule has 0 bridgehead atoms. The minimum absolute atomic E-state index is 0.0241. The van der Waals surface area contributed by atoms with Crippen molar-refractivity contribution < 1.29 is 5.11 Å². The third-order valence-electron chi connectivity index (χ3n) is 12.1. The van der Waals surface area contributed by atoms with Crippen molar-refractivity contribution in [2.45, 2.75) is 118 Å². The Morgan fingerprint density at radius 3 is 2.38 bits per heavy atom. The van der Waals surface area contributed by atoms with Crippen LogP contribution in [0, 0.1) is 57.7 Å². The summed E-state index contributed by atoms with van der Waals surface area (Å²) in [7, 11) is 0. The van der Waals surface area contributed by atoms with Crippen molar-refractivity contribution in [3.8, 4) is 0 Å². The average Bonchev–Trinajstić information content (AvgIpc) is 3.31. The Balaban J connectivity index is 1.32. The summed E-state index contributed by atoms with van der Waals surface area (Å²) >= 11 is 0. The van der Waals surface area contributed by atoms with Crippen molar-refractivity contribution in [2.24, 2.45) is 57.7 Å². The topological polar surface area (TPSA) is 20.2 Å². The second-order valence-electron chi connectivity index (χ2n) is 13.4. The van der Waals surface area contributed by atoms with Crippen LogP contribution in [-0.4, -0.2) is 11.2 Å². The van der Waals surface area contributed by atoms with Gasteiger partial charge in [0.1, 0.15) is 0 Å². The van der Waals surface area contributed by atoms with Gasteiger partial charge >= 0.3 is 0 Å². The molecule has 1 heteroatoms. The predicted octanol–water partition coefficient (Wildman–Crippen LogP) is 7.47. The van der Waals surface area contributed by atoms with Gasteiger partial charge in [-0.1, -0.05) is 53.9 Å². The number of aliphatic hydroxyl groups excluding tert-OH is 1. The average molecular weight is 401 g/mol. The Morgan fingerprint density at radius 2 is 1.62 bits per heavy atom. The fraction of sp³-hybridized carbons (Fsp3) is 1.00.